The third kappa shape index (κ3) is 4.94. The average molecular weight is 535 g/mol. The third-order valence-electron chi connectivity index (χ3n) is 7.07. The molecule has 2 N–H and O–H groups in total. The summed E-state index contributed by atoms with van der Waals surface area (Å²) in [5, 5.41) is 8.57. The van der Waals surface area contributed by atoms with Gasteiger partial charge in [-0.3, -0.25) is 9.69 Å². The van der Waals surface area contributed by atoms with Crippen LogP contribution in [0.3, 0.4) is 0 Å². The lowest BCUT2D eigenvalue weighted by molar-refractivity contribution is 0.0885. The molecule has 0 bridgehead atoms. The van der Waals surface area contributed by atoms with E-state index in [2.05, 4.69) is 32.3 Å². The minimum atomic E-state index is -0.0671. The second-order valence-corrected chi connectivity index (χ2v) is 11.1. The first-order valence-electron chi connectivity index (χ1n) is 12.4. The number of likely N-dealkylation sites (tertiary alicyclic amines) is 1. The number of H-pyrrole nitrogens is 1. The maximum atomic E-state index is 13.5. The van der Waals surface area contributed by atoms with Gasteiger partial charge in [-0.2, -0.15) is 0 Å². The lowest BCUT2D eigenvalue weighted by Gasteiger charge is -2.35. The van der Waals surface area contributed by atoms with Crippen LogP contribution in [0.1, 0.15) is 47.8 Å². The Morgan fingerprint density at radius 1 is 1.24 bits per heavy atom. The molecule has 37 heavy (non-hydrogen) atoms. The van der Waals surface area contributed by atoms with E-state index in [-0.39, 0.29) is 18.0 Å². The first-order chi connectivity index (χ1) is 18.0. The number of fused-ring (bicyclic) bond motifs is 1. The van der Waals surface area contributed by atoms with Crippen molar-refractivity contribution in [1.29, 1.82) is 0 Å². The Bertz CT molecular complexity index is 1510. The van der Waals surface area contributed by atoms with Crippen molar-refractivity contribution in [2.75, 3.05) is 13.1 Å². The van der Waals surface area contributed by atoms with Gasteiger partial charge < -0.3 is 19.4 Å². The molecule has 1 fully saturated rings. The predicted molar refractivity (Wildman–Crippen MR) is 145 cm³/mol. The van der Waals surface area contributed by atoms with Crippen LogP contribution in [0.5, 0.6) is 0 Å². The molecule has 8 nitrogen and oxygen atoms in total. The Labute approximate surface area is 223 Å². The van der Waals surface area contributed by atoms with Gasteiger partial charge in [-0.05, 0) is 44.0 Å². The van der Waals surface area contributed by atoms with Gasteiger partial charge in [-0.25, -0.2) is 4.98 Å². The number of imidazole rings is 1. The summed E-state index contributed by atoms with van der Waals surface area (Å²) < 4.78 is 8.29. The van der Waals surface area contributed by atoms with Gasteiger partial charge in [-0.1, -0.05) is 35.0 Å². The molecule has 1 saturated heterocycles. The zero-order valence-corrected chi connectivity index (χ0v) is 21.9. The molecule has 1 aliphatic heterocycles. The molecule has 1 atom stereocenters. The summed E-state index contributed by atoms with van der Waals surface area (Å²) in [4.78, 5) is 24.4. The molecule has 1 unspecified atom stereocenters. The second-order valence-electron chi connectivity index (χ2n) is 9.39. The van der Waals surface area contributed by atoms with E-state index in [9.17, 15) is 4.79 Å². The molecule has 6 rings (SSSR count). The summed E-state index contributed by atoms with van der Waals surface area (Å²) >= 11 is 7.53. The van der Waals surface area contributed by atoms with Gasteiger partial charge in [-0.15, -0.1) is 11.3 Å². The van der Waals surface area contributed by atoms with Gasteiger partial charge in [0.1, 0.15) is 17.2 Å². The number of hydrogen-bond acceptors (Lipinski definition) is 6. The highest BCUT2D eigenvalue weighted by molar-refractivity contribution is 7.19. The highest BCUT2D eigenvalue weighted by Gasteiger charge is 2.27. The smallest absolute Gasteiger partial charge is 0.268 e. The van der Waals surface area contributed by atoms with Gasteiger partial charge in [0.05, 0.1) is 21.8 Å². The lowest BCUT2D eigenvalue weighted by atomic mass is 10.0. The number of halogens is 1. The van der Waals surface area contributed by atoms with Crippen molar-refractivity contribution >= 4 is 39.7 Å². The Morgan fingerprint density at radius 2 is 2.08 bits per heavy atom. The van der Waals surface area contributed by atoms with Crippen LogP contribution in [0, 0.1) is 0 Å². The van der Waals surface area contributed by atoms with E-state index < -0.39 is 0 Å². The summed E-state index contributed by atoms with van der Waals surface area (Å²) in [5.74, 6) is 1.58. The summed E-state index contributed by atoms with van der Waals surface area (Å²) in [6.07, 6.45) is 5.44. The molecular formula is C27H27ClN6O2S. The minimum absolute atomic E-state index is 0.0671. The Balaban J connectivity index is 1.18. The SMILES string of the molecule is CC(c1ncc[nH]1)N1CCC(NC(=O)c2cc3ccccc3n2Cc2cc(-c3ccc(Cl)s3)on2)CC1. The number of carbonyl (C=O) groups excluding carboxylic acids is 1. The standard InChI is InChI=1S/C27H27ClN6O2S/c1-17(26-29-10-11-30-26)33-12-8-19(9-13-33)31-27(35)22-14-18-4-2-3-5-21(18)34(22)16-20-15-23(36-32-20)24-6-7-25(28)37-24/h2-7,10-11,14-15,17,19H,8-9,12-13,16H2,1H3,(H,29,30)(H,31,35). The number of nitrogens with one attached hydrogen (secondary N) is 2. The topological polar surface area (TPSA) is 92.0 Å². The van der Waals surface area contributed by atoms with Crippen molar-refractivity contribution in [1.82, 2.24) is 29.9 Å². The van der Waals surface area contributed by atoms with Crippen LogP contribution < -0.4 is 5.32 Å². The fourth-order valence-electron chi connectivity index (χ4n) is 5.05. The molecule has 4 aromatic heterocycles. The van der Waals surface area contributed by atoms with E-state index in [0.29, 0.717) is 22.3 Å². The number of hydrogen-bond donors (Lipinski definition) is 2. The van der Waals surface area contributed by atoms with Crippen LogP contribution in [-0.2, 0) is 6.54 Å². The highest BCUT2D eigenvalue weighted by atomic mass is 35.5. The number of thiophene rings is 1. The molecule has 1 amide bonds. The van der Waals surface area contributed by atoms with E-state index >= 15 is 0 Å². The van der Waals surface area contributed by atoms with Crippen molar-refractivity contribution < 1.29 is 9.32 Å². The molecule has 0 aliphatic carbocycles. The first kappa shape index (κ1) is 24.0. The van der Waals surface area contributed by atoms with E-state index in [1.165, 1.54) is 11.3 Å². The zero-order valence-electron chi connectivity index (χ0n) is 20.4. The molecule has 1 aliphatic rings. The predicted octanol–water partition coefficient (Wildman–Crippen LogP) is 5.74. The summed E-state index contributed by atoms with van der Waals surface area (Å²) in [7, 11) is 0. The van der Waals surface area contributed by atoms with Gasteiger partial charge in [0.15, 0.2) is 5.76 Å². The van der Waals surface area contributed by atoms with Crippen LogP contribution in [-0.4, -0.2) is 49.6 Å². The number of aromatic nitrogens is 4. The van der Waals surface area contributed by atoms with Gasteiger partial charge in [0.2, 0.25) is 0 Å². The lowest BCUT2D eigenvalue weighted by Crippen LogP contribution is -2.45. The molecule has 190 valence electrons. The molecule has 0 radical (unpaired) electrons. The molecule has 5 aromatic rings. The van der Waals surface area contributed by atoms with Gasteiger partial charge in [0.25, 0.3) is 5.91 Å². The van der Waals surface area contributed by atoms with Crippen LogP contribution in [0.15, 0.2) is 65.4 Å². The van der Waals surface area contributed by atoms with Crippen molar-refractivity contribution in [3.05, 3.63) is 82.5 Å². The van der Waals surface area contributed by atoms with Crippen LogP contribution >= 0.6 is 22.9 Å². The maximum absolute atomic E-state index is 13.5. The molecule has 1 aromatic carbocycles. The minimum Gasteiger partial charge on any atom is -0.355 e. The Kier molecular flexibility index (Phi) is 6.58. The van der Waals surface area contributed by atoms with E-state index in [1.54, 1.807) is 6.20 Å². The number of amides is 1. The number of nitrogens with zero attached hydrogens (tertiary/aromatic N) is 4. The van der Waals surface area contributed by atoms with Crippen molar-refractivity contribution in [2.24, 2.45) is 0 Å². The van der Waals surface area contributed by atoms with E-state index in [1.807, 2.05) is 59.3 Å². The summed E-state index contributed by atoms with van der Waals surface area (Å²) in [6.45, 7) is 4.41. The van der Waals surface area contributed by atoms with E-state index in [4.69, 9.17) is 16.1 Å². The van der Waals surface area contributed by atoms with Gasteiger partial charge in [0, 0.05) is 48.5 Å². The van der Waals surface area contributed by atoms with Crippen LogP contribution in [0.4, 0.5) is 0 Å². The number of aromatic amines is 1. The normalized spacial score (nSPS) is 15.8. The van der Waals surface area contributed by atoms with Gasteiger partial charge >= 0.3 is 0 Å². The van der Waals surface area contributed by atoms with E-state index in [0.717, 1.165) is 53.2 Å². The monoisotopic (exact) mass is 534 g/mol. The fourth-order valence-corrected chi connectivity index (χ4v) is 6.04. The first-order valence-corrected chi connectivity index (χ1v) is 13.6. The summed E-state index contributed by atoms with van der Waals surface area (Å²) in [6, 6.07) is 16.0. The Morgan fingerprint density at radius 3 is 2.84 bits per heavy atom. The van der Waals surface area contributed by atoms with Crippen LogP contribution in [0.2, 0.25) is 4.34 Å². The number of rotatable bonds is 7. The maximum Gasteiger partial charge on any atom is 0.268 e. The van der Waals surface area contributed by atoms with Crippen LogP contribution in [0.25, 0.3) is 21.5 Å². The number of benzene rings is 1. The molecule has 0 saturated carbocycles. The largest absolute Gasteiger partial charge is 0.355 e. The highest BCUT2D eigenvalue weighted by Crippen LogP contribution is 2.32. The quantitative estimate of drug-likeness (QED) is 0.278. The molecule has 10 heteroatoms. The average Bonchev–Trinajstić information content (AvgIpc) is 3.72. The Hall–Kier alpha value is -3.40. The fraction of sp³-hybridized carbons (Fsp3) is 0.296. The van der Waals surface area contributed by atoms with Crippen molar-refractivity contribution in [3.8, 4) is 10.6 Å². The number of para-hydroxylation sites is 1. The number of piperidine rings is 1. The van der Waals surface area contributed by atoms with Crippen molar-refractivity contribution in [2.45, 2.75) is 38.4 Å². The number of carbonyl (C=O) groups is 1. The molecule has 5 heterocycles. The zero-order chi connectivity index (χ0) is 25.4. The third-order valence-corrected chi connectivity index (χ3v) is 8.31. The second kappa shape index (κ2) is 10.2. The van der Waals surface area contributed by atoms with Crippen molar-refractivity contribution in [3.63, 3.8) is 0 Å². The molecule has 0 spiro atoms. The summed E-state index contributed by atoms with van der Waals surface area (Å²) in [5.41, 5.74) is 2.35. The molecular weight excluding hydrogens is 508 g/mol.